The van der Waals surface area contributed by atoms with Crippen LogP contribution in [0.4, 0.5) is 0 Å². The SMILES string of the molecule is CC(O)[C@@H](COP(=O)(N[C@@H](C)C(=O)OC1CCCCC1)Oc1ccc(Cl)cc1)O[C@H](CN=[N+]=[N-])n1ccc(=O)[nH]c1=O. The fourth-order valence-corrected chi connectivity index (χ4v) is 5.71. The van der Waals surface area contributed by atoms with Gasteiger partial charge < -0.3 is 19.1 Å². The predicted octanol–water partition coefficient (Wildman–Crippen LogP) is 3.82. The highest BCUT2D eigenvalue weighted by Crippen LogP contribution is 2.45. The third kappa shape index (κ3) is 10.3. The van der Waals surface area contributed by atoms with E-state index < -0.39 is 62.6 Å². The zero-order chi connectivity index (χ0) is 30.7. The van der Waals surface area contributed by atoms with E-state index >= 15 is 0 Å². The standard InChI is InChI=1S/C25H34ClN6O9P/c1-16(24(35)39-19-6-4-3-5-7-19)30-42(37,41-20-10-8-18(26)9-11-20)38-15-21(17(2)33)40-23(14-28-31-27)32-13-12-22(34)29-25(32)36/h8-13,16-17,19,21,23,33H,3-7,14-15H2,1-2H3,(H,30,37)(H,29,34,36)/t16-,17?,21+,23+,42?/m0/s1. The van der Waals surface area contributed by atoms with E-state index in [1.807, 2.05) is 0 Å². The Morgan fingerprint density at radius 3 is 2.55 bits per heavy atom. The van der Waals surface area contributed by atoms with E-state index in [4.69, 9.17) is 35.7 Å². The van der Waals surface area contributed by atoms with Crippen LogP contribution in [0.1, 0.15) is 52.2 Å². The van der Waals surface area contributed by atoms with Crippen LogP contribution in [0, 0.1) is 0 Å². The van der Waals surface area contributed by atoms with Crippen LogP contribution in [0.3, 0.4) is 0 Å². The molecule has 0 amide bonds. The van der Waals surface area contributed by atoms with E-state index in [0.717, 1.165) is 48.9 Å². The molecule has 0 radical (unpaired) electrons. The smallest absolute Gasteiger partial charge is 0.459 e. The van der Waals surface area contributed by atoms with Gasteiger partial charge in [-0.15, -0.1) is 0 Å². The molecule has 2 aromatic rings. The third-order valence-corrected chi connectivity index (χ3v) is 8.22. The predicted molar refractivity (Wildman–Crippen MR) is 152 cm³/mol. The third-order valence-electron chi connectivity index (χ3n) is 6.32. The first-order valence-corrected chi connectivity index (χ1v) is 15.3. The number of halogens is 1. The van der Waals surface area contributed by atoms with Crippen molar-refractivity contribution in [2.75, 3.05) is 13.2 Å². The van der Waals surface area contributed by atoms with Crippen molar-refractivity contribution < 1.29 is 33.0 Å². The first-order chi connectivity index (χ1) is 20.0. The fraction of sp³-hybridized carbons (Fsp3) is 0.560. The molecule has 1 aromatic heterocycles. The summed E-state index contributed by atoms with van der Waals surface area (Å²) in [7, 11) is -4.35. The van der Waals surface area contributed by atoms with Crippen molar-refractivity contribution in [1.82, 2.24) is 14.6 Å². The lowest BCUT2D eigenvalue weighted by molar-refractivity contribution is -0.152. The number of aliphatic hydroxyl groups is 1. The van der Waals surface area contributed by atoms with Gasteiger partial charge in [0.05, 0.1) is 19.3 Å². The number of benzene rings is 1. The molecule has 0 spiro atoms. The van der Waals surface area contributed by atoms with Gasteiger partial charge in [-0.25, -0.2) is 9.36 Å². The normalized spacial score (nSPS) is 18.1. The molecule has 5 atom stereocenters. The van der Waals surface area contributed by atoms with Gasteiger partial charge in [0.15, 0.2) is 0 Å². The van der Waals surface area contributed by atoms with Gasteiger partial charge in [-0.2, -0.15) is 5.09 Å². The Bertz CT molecular complexity index is 1390. The second-order valence-corrected chi connectivity index (χ2v) is 11.8. The molecule has 1 saturated carbocycles. The van der Waals surface area contributed by atoms with Crippen molar-refractivity contribution >= 4 is 25.3 Å². The number of H-pyrrole nitrogens is 1. The zero-order valence-electron chi connectivity index (χ0n) is 23.1. The number of nitrogens with zero attached hydrogens (tertiary/aromatic N) is 4. The maximum Gasteiger partial charge on any atom is 0.459 e. The molecule has 0 bridgehead atoms. The van der Waals surface area contributed by atoms with E-state index in [1.54, 1.807) is 0 Å². The number of aromatic amines is 1. The number of nitrogens with one attached hydrogen (secondary N) is 2. The number of carbonyl (C=O) groups excluding carboxylic acids is 1. The first kappa shape index (κ1) is 33.3. The van der Waals surface area contributed by atoms with Gasteiger partial charge in [0.2, 0.25) is 0 Å². The molecule has 1 heterocycles. The molecule has 15 nitrogen and oxygen atoms in total. The maximum absolute atomic E-state index is 13.9. The Labute approximate surface area is 246 Å². The average Bonchev–Trinajstić information content (AvgIpc) is 2.94. The number of carbonyl (C=O) groups is 1. The molecule has 17 heteroatoms. The monoisotopic (exact) mass is 628 g/mol. The van der Waals surface area contributed by atoms with E-state index in [2.05, 4.69) is 20.1 Å². The largest absolute Gasteiger partial charge is 0.461 e. The number of hydrogen-bond donors (Lipinski definition) is 3. The summed E-state index contributed by atoms with van der Waals surface area (Å²) in [6, 6.07) is 5.87. The lowest BCUT2D eigenvalue weighted by atomic mass is 9.98. The summed E-state index contributed by atoms with van der Waals surface area (Å²) >= 11 is 5.94. The summed E-state index contributed by atoms with van der Waals surface area (Å²) in [5, 5.41) is 16.8. The number of aromatic nitrogens is 2. The van der Waals surface area contributed by atoms with Crippen molar-refractivity contribution in [2.45, 2.75) is 76.5 Å². The lowest BCUT2D eigenvalue weighted by Gasteiger charge is -2.29. The minimum Gasteiger partial charge on any atom is -0.461 e. The highest BCUT2D eigenvalue weighted by Gasteiger charge is 2.35. The van der Waals surface area contributed by atoms with Crippen LogP contribution in [0.5, 0.6) is 5.75 Å². The topological polar surface area (TPSA) is 207 Å². The summed E-state index contributed by atoms with van der Waals surface area (Å²) in [5.41, 5.74) is 7.29. The average molecular weight is 629 g/mol. The molecule has 1 aliphatic rings. The van der Waals surface area contributed by atoms with E-state index in [-0.39, 0.29) is 11.9 Å². The second kappa shape index (κ2) is 15.9. The van der Waals surface area contributed by atoms with Crippen molar-refractivity contribution in [1.29, 1.82) is 0 Å². The summed E-state index contributed by atoms with van der Waals surface area (Å²) in [5.74, 6) is -0.528. The number of azide groups is 1. The van der Waals surface area contributed by atoms with Gasteiger partial charge in [0, 0.05) is 22.2 Å². The molecule has 1 fully saturated rings. The molecule has 230 valence electrons. The zero-order valence-corrected chi connectivity index (χ0v) is 24.8. The Morgan fingerprint density at radius 2 is 1.93 bits per heavy atom. The van der Waals surface area contributed by atoms with Crippen molar-refractivity contribution in [3.8, 4) is 5.75 Å². The number of rotatable bonds is 15. The summed E-state index contributed by atoms with van der Waals surface area (Å²) in [4.78, 5) is 41.4. The van der Waals surface area contributed by atoms with Gasteiger partial charge >= 0.3 is 19.4 Å². The fourth-order valence-electron chi connectivity index (χ4n) is 4.09. The second-order valence-electron chi connectivity index (χ2n) is 9.69. The van der Waals surface area contributed by atoms with Gasteiger partial charge in [0.1, 0.15) is 30.2 Å². The van der Waals surface area contributed by atoms with Crippen LogP contribution < -0.4 is 20.9 Å². The molecule has 1 aromatic carbocycles. The molecule has 2 unspecified atom stereocenters. The van der Waals surface area contributed by atoms with Crippen LogP contribution in [-0.2, 0) is 23.4 Å². The van der Waals surface area contributed by atoms with Gasteiger partial charge in [-0.1, -0.05) is 23.1 Å². The molecule has 0 aliphatic heterocycles. The molecular formula is C25H34ClN6O9P. The van der Waals surface area contributed by atoms with E-state index in [9.17, 15) is 24.1 Å². The Kier molecular flexibility index (Phi) is 12.6. The molecule has 3 rings (SSSR count). The number of esters is 1. The minimum atomic E-state index is -4.35. The summed E-state index contributed by atoms with van der Waals surface area (Å²) in [6.45, 7) is 1.85. The number of ether oxygens (including phenoxy) is 2. The minimum absolute atomic E-state index is 0.110. The Hall–Kier alpha value is -3.16. The first-order valence-electron chi connectivity index (χ1n) is 13.3. The highest BCUT2D eigenvalue weighted by atomic mass is 35.5. The molecular weight excluding hydrogens is 595 g/mol. The highest BCUT2D eigenvalue weighted by molar-refractivity contribution is 7.52. The molecule has 1 aliphatic carbocycles. The van der Waals surface area contributed by atoms with Crippen molar-refractivity contribution in [3.63, 3.8) is 0 Å². The van der Waals surface area contributed by atoms with Gasteiger partial charge in [-0.05, 0) is 69.3 Å². The van der Waals surface area contributed by atoms with Crippen molar-refractivity contribution in [3.05, 3.63) is 72.8 Å². The van der Waals surface area contributed by atoms with Crippen LogP contribution in [0.2, 0.25) is 5.02 Å². The maximum atomic E-state index is 13.9. The van der Waals surface area contributed by atoms with E-state index in [1.165, 1.54) is 38.1 Å². The van der Waals surface area contributed by atoms with Crippen LogP contribution in [0.15, 0.2) is 51.2 Å². The van der Waals surface area contributed by atoms with Crippen LogP contribution in [0.25, 0.3) is 10.4 Å². The van der Waals surface area contributed by atoms with Crippen LogP contribution >= 0.6 is 19.3 Å². The number of hydrogen-bond acceptors (Lipinski definition) is 10. The van der Waals surface area contributed by atoms with Crippen LogP contribution in [-0.4, -0.2) is 58.1 Å². The Balaban J connectivity index is 1.79. The van der Waals surface area contributed by atoms with Crippen molar-refractivity contribution in [2.24, 2.45) is 5.11 Å². The quantitative estimate of drug-likeness (QED) is 0.0853. The van der Waals surface area contributed by atoms with Gasteiger partial charge in [0.25, 0.3) is 5.56 Å². The molecule has 3 N–H and O–H groups in total. The summed E-state index contributed by atoms with van der Waals surface area (Å²) < 4.78 is 37.6. The molecule has 42 heavy (non-hydrogen) atoms. The number of aliphatic hydroxyl groups excluding tert-OH is 1. The summed E-state index contributed by atoms with van der Waals surface area (Å²) in [6.07, 6.45) is 1.59. The van der Waals surface area contributed by atoms with E-state index in [0.29, 0.717) is 5.02 Å². The molecule has 0 saturated heterocycles. The Morgan fingerprint density at radius 1 is 1.24 bits per heavy atom. The van der Waals surface area contributed by atoms with Gasteiger partial charge in [-0.3, -0.25) is 23.7 Å². The lowest BCUT2D eigenvalue weighted by Crippen LogP contribution is -2.41.